The van der Waals surface area contributed by atoms with Gasteiger partial charge in [-0.2, -0.15) is 0 Å². The van der Waals surface area contributed by atoms with E-state index in [1.807, 2.05) is 41.7 Å². The fourth-order valence-corrected chi connectivity index (χ4v) is 1.52. The van der Waals surface area contributed by atoms with Gasteiger partial charge in [0.25, 0.3) is 5.91 Å². The van der Waals surface area contributed by atoms with Crippen LogP contribution in [0.1, 0.15) is 5.56 Å². The molecule has 5 nitrogen and oxygen atoms in total. The Kier molecular flexibility index (Phi) is 4.34. The van der Waals surface area contributed by atoms with Crippen molar-refractivity contribution in [1.82, 2.24) is 5.32 Å². The average molecular weight is 271 g/mol. The van der Waals surface area contributed by atoms with Crippen molar-refractivity contribution in [2.45, 2.75) is 0 Å². The van der Waals surface area contributed by atoms with Crippen molar-refractivity contribution >= 4 is 18.1 Å². The van der Waals surface area contributed by atoms with Crippen LogP contribution in [0.2, 0.25) is 0 Å². The molecule has 0 radical (unpaired) electrons. The van der Waals surface area contributed by atoms with Crippen molar-refractivity contribution in [1.29, 1.82) is 0 Å². The Bertz CT molecular complexity index is 597. The van der Waals surface area contributed by atoms with Crippen LogP contribution < -0.4 is 10.1 Å². The van der Waals surface area contributed by atoms with Crippen LogP contribution in [0.3, 0.4) is 0 Å². The lowest BCUT2D eigenvalue weighted by atomic mass is 10.2. The van der Waals surface area contributed by atoms with E-state index < -0.39 is 12.0 Å². The summed E-state index contributed by atoms with van der Waals surface area (Å²) in [6.07, 6.45) is 7.74. The second-order valence-corrected chi connectivity index (χ2v) is 3.89. The highest BCUT2D eigenvalue weighted by molar-refractivity contribution is 6.07. The van der Waals surface area contributed by atoms with E-state index in [-0.39, 0.29) is 5.76 Å². The number of hydrogen-bond donors (Lipinski definition) is 1. The second kappa shape index (κ2) is 6.38. The number of nitrogens with one attached hydrogen (secondary N) is 1. The number of ether oxygens (including phenoxy) is 2. The monoisotopic (exact) mass is 271 g/mol. The molecule has 0 spiro atoms. The zero-order chi connectivity index (χ0) is 14.4. The van der Waals surface area contributed by atoms with E-state index in [0.717, 1.165) is 11.3 Å². The largest absolute Gasteiger partial charge is 0.497 e. The number of allylic oxidation sites excluding steroid dienone is 4. The van der Waals surface area contributed by atoms with Gasteiger partial charge in [0.2, 0.25) is 0 Å². The summed E-state index contributed by atoms with van der Waals surface area (Å²) in [4.78, 5) is 21.9. The summed E-state index contributed by atoms with van der Waals surface area (Å²) in [5.74, 6) is 0.263. The standard InChI is InChI=1S/C15H13NO4/c1-19-12-9-7-11(8-10-12)5-3-2-4-6-13-14(17)16-15(18)20-13/h2-10H,1H3,(H,16,17,18)/b4-2+,5-3+,13-6+. The molecule has 0 bridgehead atoms. The molecular weight excluding hydrogens is 258 g/mol. The molecule has 1 aromatic carbocycles. The summed E-state index contributed by atoms with van der Waals surface area (Å²) in [5.41, 5.74) is 1.02. The zero-order valence-electron chi connectivity index (χ0n) is 10.8. The fraction of sp³-hybridized carbons (Fsp3) is 0.0667. The number of amides is 2. The molecule has 2 rings (SSSR count). The van der Waals surface area contributed by atoms with Crippen molar-refractivity contribution in [2.75, 3.05) is 7.11 Å². The maximum absolute atomic E-state index is 11.1. The summed E-state index contributed by atoms with van der Waals surface area (Å²) in [5, 5.41) is 2.01. The third-order valence-electron chi connectivity index (χ3n) is 2.52. The predicted octanol–water partition coefficient (Wildman–Crippen LogP) is 2.41. The maximum atomic E-state index is 11.1. The van der Waals surface area contributed by atoms with E-state index in [2.05, 4.69) is 4.74 Å². The van der Waals surface area contributed by atoms with Crippen molar-refractivity contribution < 1.29 is 19.1 Å². The molecule has 1 saturated heterocycles. The normalized spacial score (nSPS) is 16.9. The zero-order valence-corrected chi connectivity index (χ0v) is 10.8. The molecule has 0 atom stereocenters. The topological polar surface area (TPSA) is 64.6 Å². The molecule has 1 heterocycles. The first-order valence-corrected chi connectivity index (χ1v) is 5.91. The van der Waals surface area contributed by atoms with Gasteiger partial charge in [-0.3, -0.25) is 10.1 Å². The van der Waals surface area contributed by atoms with Crippen LogP contribution in [-0.2, 0) is 9.53 Å². The highest BCUT2D eigenvalue weighted by Gasteiger charge is 2.24. The smallest absolute Gasteiger partial charge is 0.419 e. The molecule has 102 valence electrons. The molecule has 0 aliphatic carbocycles. The number of rotatable bonds is 4. The molecule has 2 amide bonds. The third kappa shape index (κ3) is 3.58. The van der Waals surface area contributed by atoms with Crippen molar-refractivity contribution in [3.8, 4) is 5.75 Å². The van der Waals surface area contributed by atoms with E-state index in [4.69, 9.17) is 4.74 Å². The number of cyclic esters (lactones) is 1. The highest BCUT2D eigenvalue weighted by atomic mass is 16.6. The summed E-state index contributed by atoms with van der Waals surface area (Å²) >= 11 is 0. The van der Waals surface area contributed by atoms with Crippen LogP contribution in [-0.4, -0.2) is 19.1 Å². The van der Waals surface area contributed by atoms with Gasteiger partial charge in [-0.15, -0.1) is 0 Å². The maximum Gasteiger partial charge on any atom is 0.419 e. The summed E-state index contributed by atoms with van der Waals surface area (Å²) in [6.45, 7) is 0. The Balaban J connectivity index is 1.92. The first-order valence-electron chi connectivity index (χ1n) is 5.91. The number of benzene rings is 1. The van der Waals surface area contributed by atoms with Gasteiger partial charge in [0.15, 0.2) is 5.76 Å². The van der Waals surface area contributed by atoms with E-state index in [9.17, 15) is 9.59 Å². The molecule has 5 heteroatoms. The molecule has 0 unspecified atom stereocenters. The fourth-order valence-electron chi connectivity index (χ4n) is 1.52. The minimum atomic E-state index is -0.747. The van der Waals surface area contributed by atoms with Gasteiger partial charge in [0, 0.05) is 0 Å². The van der Waals surface area contributed by atoms with E-state index in [1.165, 1.54) is 6.08 Å². The molecular formula is C15H13NO4. The summed E-state index contributed by atoms with van der Waals surface area (Å²) in [6, 6.07) is 7.59. The van der Waals surface area contributed by atoms with Gasteiger partial charge in [0.1, 0.15) is 5.75 Å². The van der Waals surface area contributed by atoms with Gasteiger partial charge in [0.05, 0.1) is 7.11 Å². The lowest BCUT2D eigenvalue weighted by Gasteiger charge is -1.98. The molecule has 0 saturated carbocycles. The number of carbonyl (C=O) groups is 2. The van der Waals surface area contributed by atoms with Crippen LogP contribution in [0, 0.1) is 0 Å². The Morgan fingerprint density at radius 1 is 1.10 bits per heavy atom. The average Bonchev–Trinajstić information content (AvgIpc) is 2.77. The van der Waals surface area contributed by atoms with E-state index >= 15 is 0 Å². The van der Waals surface area contributed by atoms with Crippen LogP contribution >= 0.6 is 0 Å². The van der Waals surface area contributed by atoms with Gasteiger partial charge in [-0.1, -0.05) is 36.4 Å². The second-order valence-electron chi connectivity index (χ2n) is 3.89. The SMILES string of the molecule is COc1ccc(/C=C/C=C/C=C2/OC(=O)NC2=O)cc1. The minimum Gasteiger partial charge on any atom is -0.497 e. The number of alkyl carbamates (subject to hydrolysis) is 1. The Morgan fingerprint density at radius 2 is 1.85 bits per heavy atom. The van der Waals surface area contributed by atoms with E-state index in [0.29, 0.717) is 0 Å². The summed E-state index contributed by atoms with van der Waals surface area (Å²) in [7, 11) is 1.62. The molecule has 1 fully saturated rings. The third-order valence-corrected chi connectivity index (χ3v) is 2.52. The number of imide groups is 1. The molecule has 1 N–H and O–H groups in total. The lowest BCUT2D eigenvalue weighted by Crippen LogP contribution is -2.18. The Hall–Kier alpha value is -2.82. The quantitative estimate of drug-likeness (QED) is 0.674. The van der Waals surface area contributed by atoms with Gasteiger partial charge >= 0.3 is 6.09 Å². The Labute approximate surface area is 116 Å². The molecule has 1 aliphatic rings. The van der Waals surface area contributed by atoms with Gasteiger partial charge in [-0.25, -0.2) is 4.79 Å². The van der Waals surface area contributed by atoms with Crippen molar-refractivity contribution in [3.05, 3.63) is 59.9 Å². The van der Waals surface area contributed by atoms with Crippen molar-refractivity contribution in [2.24, 2.45) is 0 Å². The molecule has 1 aromatic rings. The van der Waals surface area contributed by atoms with Gasteiger partial charge < -0.3 is 9.47 Å². The predicted molar refractivity (Wildman–Crippen MR) is 73.9 cm³/mol. The lowest BCUT2D eigenvalue weighted by molar-refractivity contribution is -0.116. The highest BCUT2D eigenvalue weighted by Crippen LogP contribution is 2.12. The number of hydrogen-bond acceptors (Lipinski definition) is 4. The minimum absolute atomic E-state index is 0.0101. The summed E-state index contributed by atoms with van der Waals surface area (Å²) < 4.78 is 9.70. The molecule has 0 aromatic heterocycles. The van der Waals surface area contributed by atoms with Crippen LogP contribution in [0.25, 0.3) is 6.08 Å². The molecule has 1 aliphatic heterocycles. The van der Waals surface area contributed by atoms with Crippen molar-refractivity contribution in [3.63, 3.8) is 0 Å². The first kappa shape index (κ1) is 13.6. The number of carbonyl (C=O) groups excluding carboxylic acids is 2. The molecule has 20 heavy (non-hydrogen) atoms. The van der Waals surface area contributed by atoms with Crippen LogP contribution in [0.4, 0.5) is 4.79 Å². The van der Waals surface area contributed by atoms with Crippen LogP contribution in [0.5, 0.6) is 5.75 Å². The van der Waals surface area contributed by atoms with E-state index in [1.54, 1.807) is 19.3 Å². The Morgan fingerprint density at radius 3 is 2.45 bits per heavy atom. The van der Waals surface area contributed by atoms with Crippen LogP contribution in [0.15, 0.2) is 54.3 Å². The van der Waals surface area contributed by atoms with Gasteiger partial charge in [-0.05, 0) is 23.8 Å². The number of methoxy groups -OCH3 is 1. The first-order chi connectivity index (χ1) is 9.69.